The smallest absolute Gasteiger partial charge is 0.258 e. The maximum Gasteiger partial charge on any atom is 0.258 e. The summed E-state index contributed by atoms with van der Waals surface area (Å²) in [4.78, 5) is 16.4. The fraction of sp³-hybridized carbons (Fsp3) is 0.188. The zero-order valence-electron chi connectivity index (χ0n) is 13.2. The number of anilines is 2. The van der Waals surface area contributed by atoms with E-state index in [0.29, 0.717) is 40.2 Å². The first-order valence-corrected chi connectivity index (χ1v) is 7.77. The summed E-state index contributed by atoms with van der Waals surface area (Å²) in [5.74, 6) is 2.04. The Labute approximate surface area is 143 Å². The molecular formula is C16H16ClN5O2. The SMILES string of the molecule is CCNc1ncc(C(=O)Nc2cc(-c3ccc(C)o3)[nH]n2)cc1Cl. The van der Waals surface area contributed by atoms with Gasteiger partial charge in [0.2, 0.25) is 0 Å². The topological polar surface area (TPSA) is 95.8 Å². The average molecular weight is 346 g/mol. The Morgan fingerprint density at radius 3 is 2.88 bits per heavy atom. The van der Waals surface area contributed by atoms with Gasteiger partial charge in [-0.2, -0.15) is 5.10 Å². The maximum atomic E-state index is 12.3. The van der Waals surface area contributed by atoms with Crippen LogP contribution >= 0.6 is 11.6 Å². The number of carbonyl (C=O) groups excluding carboxylic acids is 1. The first-order chi connectivity index (χ1) is 11.6. The van der Waals surface area contributed by atoms with Gasteiger partial charge in [0, 0.05) is 18.8 Å². The number of rotatable bonds is 5. The Hall–Kier alpha value is -2.80. The van der Waals surface area contributed by atoms with Crippen molar-refractivity contribution >= 4 is 29.1 Å². The van der Waals surface area contributed by atoms with E-state index in [1.165, 1.54) is 6.20 Å². The summed E-state index contributed by atoms with van der Waals surface area (Å²) >= 11 is 6.10. The van der Waals surface area contributed by atoms with Crippen molar-refractivity contribution in [1.82, 2.24) is 15.2 Å². The molecule has 3 aromatic heterocycles. The number of furan rings is 1. The molecule has 8 heteroatoms. The zero-order valence-corrected chi connectivity index (χ0v) is 13.9. The number of hydrogen-bond acceptors (Lipinski definition) is 5. The van der Waals surface area contributed by atoms with Crippen LogP contribution in [0.15, 0.2) is 34.9 Å². The van der Waals surface area contributed by atoms with E-state index in [0.717, 1.165) is 5.76 Å². The van der Waals surface area contributed by atoms with Crippen molar-refractivity contribution in [3.8, 4) is 11.5 Å². The predicted octanol–water partition coefficient (Wildman–Crippen LogP) is 3.71. The quantitative estimate of drug-likeness (QED) is 0.655. The van der Waals surface area contributed by atoms with E-state index < -0.39 is 0 Å². The van der Waals surface area contributed by atoms with E-state index in [1.807, 2.05) is 26.0 Å². The Morgan fingerprint density at radius 2 is 2.21 bits per heavy atom. The van der Waals surface area contributed by atoms with Crippen LogP contribution in [0.4, 0.5) is 11.6 Å². The summed E-state index contributed by atoms with van der Waals surface area (Å²) in [6.07, 6.45) is 1.46. The van der Waals surface area contributed by atoms with Crippen molar-refractivity contribution < 1.29 is 9.21 Å². The summed E-state index contributed by atoms with van der Waals surface area (Å²) in [5.41, 5.74) is 1.03. The zero-order chi connectivity index (χ0) is 17.1. The van der Waals surface area contributed by atoms with Crippen LogP contribution in [0.1, 0.15) is 23.0 Å². The van der Waals surface area contributed by atoms with E-state index in [1.54, 1.807) is 12.1 Å². The third kappa shape index (κ3) is 3.41. The van der Waals surface area contributed by atoms with Crippen molar-refractivity contribution in [2.45, 2.75) is 13.8 Å². The summed E-state index contributed by atoms with van der Waals surface area (Å²) in [6, 6.07) is 6.94. The van der Waals surface area contributed by atoms with Crippen molar-refractivity contribution in [2.75, 3.05) is 17.2 Å². The Balaban J connectivity index is 1.73. The van der Waals surface area contributed by atoms with Crippen LogP contribution in [0.2, 0.25) is 5.02 Å². The number of nitrogens with zero attached hydrogens (tertiary/aromatic N) is 2. The van der Waals surface area contributed by atoms with E-state index in [-0.39, 0.29) is 5.91 Å². The number of hydrogen-bond donors (Lipinski definition) is 3. The minimum Gasteiger partial charge on any atom is -0.460 e. The minimum absolute atomic E-state index is 0.346. The lowest BCUT2D eigenvalue weighted by atomic mass is 10.2. The number of nitrogens with one attached hydrogen (secondary N) is 3. The second kappa shape index (κ2) is 6.76. The number of aromatic nitrogens is 3. The van der Waals surface area contributed by atoms with Crippen LogP contribution < -0.4 is 10.6 Å². The number of aromatic amines is 1. The van der Waals surface area contributed by atoms with Gasteiger partial charge in [-0.1, -0.05) is 11.6 Å². The highest BCUT2D eigenvalue weighted by molar-refractivity contribution is 6.33. The highest BCUT2D eigenvalue weighted by Crippen LogP contribution is 2.23. The molecule has 0 atom stereocenters. The van der Waals surface area contributed by atoms with Gasteiger partial charge in [-0.3, -0.25) is 9.89 Å². The number of amides is 1. The third-order valence-corrected chi connectivity index (χ3v) is 3.56. The molecule has 7 nitrogen and oxygen atoms in total. The summed E-state index contributed by atoms with van der Waals surface area (Å²) in [5, 5.41) is 13.0. The molecule has 3 aromatic rings. The molecule has 0 unspecified atom stereocenters. The van der Waals surface area contributed by atoms with Crippen LogP contribution in [-0.4, -0.2) is 27.6 Å². The second-order valence-corrected chi connectivity index (χ2v) is 5.52. The van der Waals surface area contributed by atoms with Crippen molar-refractivity contribution in [3.05, 3.63) is 46.8 Å². The number of aryl methyl sites for hydroxylation is 1. The molecule has 3 N–H and O–H groups in total. The maximum absolute atomic E-state index is 12.3. The monoisotopic (exact) mass is 345 g/mol. The Morgan fingerprint density at radius 1 is 1.38 bits per heavy atom. The van der Waals surface area contributed by atoms with Gasteiger partial charge in [-0.15, -0.1) is 0 Å². The molecule has 0 saturated carbocycles. The lowest BCUT2D eigenvalue weighted by molar-refractivity contribution is 0.102. The molecule has 124 valence electrons. The number of halogens is 1. The van der Waals surface area contributed by atoms with E-state index in [2.05, 4.69) is 25.8 Å². The molecule has 0 fully saturated rings. The van der Waals surface area contributed by atoms with Crippen LogP contribution in [-0.2, 0) is 0 Å². The van der Waals surface area contributed by atoms with Gasteiger partial charge < -0.3 is 15.1 Å². The molecule has 0 bridgehead atoms. The van der Waals surface area contributed by atoms with Crippen LogP contribution in [0.25, 0.3) is 11.5 Å². The number of H-pyrrole nitrogens is 1. The lowest BCUT2D eigenvalue weighted by Gasteiger charge is -2.06. The molecule has 1 amide bonds. The molecule has 3 heterocycles. The Kier molecular flexibility index (Phi) is 4.52. The molecule has 24 heavy (non-hydrogen) atoms. The summed E-state index contributed by atoms with van der Waals surface area (Å²) in [7, 11) is 0. The highest BCUT2D eigenvalue weighted by Gasteiger charge is 2.13. The molecule has 0 aliphatic carbocycles. The molecule has 0 aliphatic heterocycles. The van der Waals surface area contributed by atoms with Gasteiger partial charge in [0.05, 0.1) is 10.6 Å². The van der Waals surface area contributed by atoms with Crippen LogP contribution in [0.3, 0.4) is 0 Å². The second-order valence-electron chi connectivity index (χ2n) is 5.12. The fourth-order valence-corrected chi connectivity index (χ4v) is 2.37. The first kappa shape index (κ1) is 16.1. The largest absolute Gasteiger partial charge is 0.460 e. The molecule has 0 spiro atoms. The fourth-order valence-electron chi connectivity index (χ4n) is 2.14. The number of carbonyl (C=O) groups is 1. The first-order valence-electron chi connectivity index (χ1n) is 7.40. The summed E-state index contributed by atoms with van der Waals surface area (Å²) < 4.78 is 5.51. The molecular weight excluding hydrogens is 330 g/mol. The van der Waals surface area contributed by atoms with Gasteiger partial charge >= 0.3 is 0 Å². The molecule has 0 aliphatic rings. The average Bonchev–Trinajstić information content (AvgIpc) is 3.18. The number of pyridine rings is 1. The molecule has 0 saturated heterocycles. The van der Waals surface area contributed by atoms with Crippen molar-refractivity contribution in [2.24, 2.45) is 0 Å². The molecule has 3 rings (SSSR count). The van der Waals surface area contributed by atoms with Gasteiger partial charge in [0.1, 0.15) is 17.3 Å². The predicted molar refractivity (Wildman–Crippen MR) is 92.4 cm³/mol. The van der Waals surface area contributed by atoms with E-state index >= 15 is 0 Å². The highest BCUT2D eigenvalue weighted by atomic mass is 35.5. The summed E-state index contributed by atoms with van der Waals surface area (Å²) in [6.45, 7) is 4.49. The lowest BCUT2D eigenvalue weighted by Crippen LogP contribution is -2.13. The van der Waals surface area contributed by atoms with Crippen LogP contribution in [0, 0.1) is 6.92 Å². The standard InChI is InChI=1S/C16H16ClN5O2/c1-3-18-15-11(17)6-10(8-19-15)16(23)20-14-7-12(21-22-14)13-5-4-9(2)24-13/h4-8H,3H2,1-2H3,(H,18,19)(H2,20,21,22,23). The van der Waals surface area contributed by atoms with E-state index in [9.17, 15) is 4.79 Å². The van der Waals surface area contributed by atoms with Gasteiger partial charge in [-0.05, 0) is 32.0 Å². The van der Waals surface area contributed by atoms with Gasteiger partial charge in [0.25, 0.3) is 5.91 Å². The third-order valence-electron chi connectivity index (χ3n) is 3.27. The van der Waals surface area contributed by atoms with Crippen molar-refractivity contribution in [1.29, 1.82) is 0 Å². The normalized spacial score (nSPS) is 10.6. The van der Waals surface area contributed by atoms with Crippen LogP contribution in [0.5, 0.6) is 0 Å². The Bertz CT molecular complexity index is 871. The van der Waals surface area contributed by atoms with E-state index in [4.69, 9.17) is 16.0 Å². The minimum atomic E-state index is -0.346. The van der Waals surface area contributed by atoms with Gasteiger partial charge in [0.15, 0.2) is 11.6 Å². The van der Waals surface area contributed by atoms with Crippen molar-refractivity contribution in [3.63, 3.8) is 0 Å². The molecule has 0 aromatic carbocycles. The molecule has 0 radical (unpaired) electrons. The van der Waals surface area contributed by atoms with Gasteiger partial charge in [-0.25, -0.2) is 4.98 Å².